The highest BCUT2D eigenvalue weighted by atomic mass is 19.1. The lowest BCUT2D eigenvalue weighted by Crippen LogP contribution is -2.24. The molecule has 0 unspecified atom stereocenters. The number of hydrogen-bond donors (Lipinski definition) is 2. The summed E-state index contributed by atoms with van der Waals surface area (Å²) in [7, 11) is 1.50. The topological polar surface area (TPSA) is 115 Å². The minimum atomic E-state index is -0.377. The largest absolute Gasteiger partial charge is 0.493 e. The van der Waals surface area contributed by atoms with Crippen LogP contribution < -0.4 is 20.5 Å². The molecule has 3 aromatic rings. The molecule has 0 fully saturated rings. The minimum Gasteiger partial charge on any atom is -0.493 e. The lowest BCUT2D eigenvalue weighted by Gasteiger charge is -2.11. The molecular weight excluding hydrogens is 425 g/mol. The van der Waals surface area contributed by atoms with Gasteiger partial charge in [-0.05, 0) is 55.3 Å². The number of rotatable bonds is 10. The van der Waals surface area contributed by atoms with Crippen molar-refractivity contribution in [2.24, 2.45) is 0 Å². The molecule has 170 valence electrons. The van der Waals surface area contributed by atoms with E-state index in [9.17, 15) is 14.4 Å². The van der Waals surface area contributed by atoms with E-state index in [-0.39, 0.29) is 23.1 Å². The quantitative estimate of drug-likeness (QED) is 0.362. The van der Waals surface area contributed by atoms with Crippen LogP contribution >= 0.6 is 0 Å². The minimum absolute atomic E-state index is 0.189. The van der Waals surface area contributed by atoms with Crippen LogP contribution in [0.4, 0.5) is 10.2 Å². The van der Waals surface area contributed by atoms with Gasteiger partial charge in [-0.25, -0.2) is 9.07 Å². The van der Waals surface area contributed by atoms with Crippen molar-refractivity contribution in [3.05, 3.63) is 77.8 Å². The molecule has 1 amide bonds. The van der Waals surface area contributed by atoms with Crippen LogP contribution in [0.2, 0.25) is 0 Å². The zero-order chi connectivity index (χ0) is 23.8. The van der Waals surface area contributed by atoms with Gasteiger partial charge in [0.1, 0.15) is 29.9 Å². The van der Waals surface area contributed by atoms with E-state index >= 15 is 0 Å². The lowest BCUT2D eigenvalue weighted by molar-refractivity contribution is 0.0952. The Hall–Kier alpha value is -4.32. The molecule has 3 N–H and O–H groups in total. The predicted octanol–water partition coefficient (Wildman–Crippen LogP) is 3.40. The van der Waals surface area contributed by atoms with Crippen LogP contribution in [0.5, 0.6) is 11.5 Å². The molecule has 1 aromatic heterocycles. The zero-order valence-corrected chi connectivity index (χ0v) is 18.2. The van der Waals surface area contributed by atoms with E-state index in [1.165, 1.54) is 36.1 Å². The number of aryl methyl sites for hydroxylation is 1. The summed E-state index contributed by atoms with van der Waals surface area (Å²) in [4.78, 5) is 12.5. The van der Waals surface area contributed by atoms with Gasteiger partial charge in [-0.15, -0.1) is 0 Å². The first kappa shape index (κ1) is 23.3. The number of benzene rings is 2. The van der Waals surface area contributed by atoms with Gasteiger partial charge in [0.2, 0.25) is 0 Å². The Labute approximate surface area is 191 Å². The molecule has 0 aliphatic heterocycles. The number of halogens is 1. The Balaban J connectivity index is 1.61. The normalized spacial score (nSPS) is 10.3. The second-order valence-corrected chi connectivity index (χ2v) is 7.03. The van der Waals surface area contributed by atoms with Gasteiger partial charge in [0.15, 0.2) is 11.5 Å². The number of ether oxygens (including phenoxy) is 2. The number of carbonyl (C=O) groups excluding carboxylic acids is 1. The standard InChI is InChI=1S/C24H24FN5O3/c1-3-13-33-21-11-6-16(14-22(21)32-2)24(31)28-12-4-5-20-19(15-26)23(27)30(29-20)18-9-7-17(25)8-10-18/h3,6-11,14H,1,4-5,12-13,27H2,2H3,(H,28,31). The molecule has 9 heteroatoms. The van der Waals surface area contributed by atoms with Gasteiger partial charge in [-0.1, -0.05) is 12.7 Å². The van der Waals surface area contributed by atoms with Crippen LogP contribution in [0.3, 0.4) is 0 Å². The highest BCUT2D eigenvalue weighted by molar-refractivity contribution is 5.94. The number of nitrogens with one attached hydrogen (secondary N) is 1. The fourth-order valence-corrected chi connectivity index (χ4v) is 3.19. The van der Waals surface area contributed by atoms with Crippen molar-refractivity contribution >= 4 is 11.7 Å². The molecule has 0 saturated carbocycles. The number of anilines is 1. The first-order valence-corrected chi connectivity index (χ1v) is 10.2. The first-order valence-electron chi connectivity index (χ1n) is 10.2. The molecule has 3 rings (SSSR count). The summed E-state index contributed by atoms with van der Waals surface area (Å²) in [5.41, 5.74) is 7.84. The van der Waals surface area contributed by atoms with E-state index in [0.29, 0.717) is 54.4 Å². The van der Waals surface area contributed by atoms with Gasteiger partial charge in [-0.2, -0.15) is 10.4 Å². The number of nitrogens with two attached hydrogens (primary N) is 1. The second kappa shape index (κ2) is 10.8. The fourth-order valence-electron chi connectivity index (χ4n) is 3.19. The summed E-state index contributed by atoms with van der Waals surface area (Å²) in [6.07, 6.45) is 2.59. The van der Waals surface area contributed by atoms with E-state index in [1.807, 2.05) is 0 Å². The maximum Gasteiger partial charge on any atom is 0.251 e. The highest BCUT2D eigenvalue weighted by Crippen LogP contribution is 2.28. The van der Waals surface area contributed by atoms with Gasteiger partial charge in [0.25, 0.3) is 5.91 Å². The third-order valence-corrected chi connectivity index (χ3v) is 4.84. The number of amides is 1. The molecular formula is C24H24FN5O3. The number of carbonyl (C=O) groups is 1. The maximum atomic E-state index is 13.2. The molecule has 33 heavy (non-hydrogen) atoms. The maximum absolute atomic E-state index is 13.2. The molecule has 0 saturated heterocycles. The van der Waals surface area contributed by atoms with Crippen molar-refractivity contribution in [1.82, 2.24) is 15.1 Å². The number of methoxy groups -OCH3 is 1. The smallest absolute Gasteiger partial charge is 0.251 e. The SMILES string of the molecule is C=CCOc1ccc(C(=O)NCCCc2nn(-c3ccc(F)cc3)c(N)c2C#N)cc1OC. The van der Waals surface area contributed by atoms with Crippen molar-refractivity contribution in [2.75, 3.05) is 26.0 Å². The van der Waals surface area contributed by atoms with E-state index in [2.05, 4.69) is 23.1 Å². The third kappa shape index (κ3) is 5.49. The molecule has 0 bridgehead atoms. The molecule has 1 heterocycles. The highest BCUT2D eigenvalue weighted by Gasteiger charge is 2.17. The zero-order valence-electron chi connectivity index (χ0n) is 18.2. The number of nitrogens with zero attached hydrogens (tertiary/aromatic N) is 3. The first-order chi connectivity index (χ1) is 16.0. The molecule has 0 aliphatic carbocycles. The number of hydrogen-bond acceptors (Lipinski definition) is 6. The number of nitriles is 1. The van der Waals surface area contributed by atoms with Gasteiger partial charge < -0.3 is 20.5 Å². The Morgan fingerprint density at radius 1 is 1.30 bits per heavy atom. The molecule has 8 nitrogen and oxygen atoms in total. The van der Waals surface area contributed by atoms with Gasteiger partial charge in [0.05, 0.1) is 18.5 Å². The van der Waals surface area contributed by atoms with Gasteiger partial charge >= 0.3 is 0 Å². The van der Waals surface area contributed by atoms with Gasteiger partial charge in [0, 0.05) is 12.1 Å². The summed E-state index contributed by atoms with van der Waals surface area (Å²) in [5, 5.41) is 16.7. The molecule has 0 spiro atoms. The van der Waals surface area contributed by atoms with Gasteiger partial charge in [-0.3, -0.25) is 4.79 Å². The fraction of sp³-hybridized carbons (Fsp3) is 0.208. The molecule has 2 aromatic carbocycles. The summed E-state index contributed by atoms with van der Waals surface area (Å²) < 4.78 is 25.4. The Kier molecular flexibility index (Phi) is 7.65. The Morgan fingerprint density at radius 2 is 2.06 bits per heavy atom. The van der Waals surface area contributed by atoms with Crippen LogP contribution in [0, 0.1) is 17.1 Å². The third-order valence-electron chi connectivity index (χ3n) is 4.84. The summed E-state index contributed by atoms with van der Waals surface area (Å²) in [6.45, 7) is 4.29. The van der Waals surface area contributed by atoms with E-state index < -0.39 is 0 Å². The van der Waals surface area contributed by atoms with Crippen molar-refractivity contribution in [3.63, 3.8) is 0 Å². The monoisotopic (exact) mass is 449 g/mol. The van der Waals surface area contributed by atoms with Crippen molar-refractivity contribution in [2.45, 2.75) is 12.8 Å². The summed E-state index contributed by atoms with van der Waals surface area (Å²) >= 11 is 0. The van der Waals surface area contributed by atoms with E-state index in [1.54, 1.807) is 24.3 Å². The van der Waals surface area contributed by atoms with Crippen LogP contribution in [-0.2, 0) is 6.42 Å². The van der Waals surface area contributed by atoms with Crippen molar-refractivity contribution in [3.8, 4) is 23.3 Å². The van der Waals surface area contributed by atoms with Crippen molar-refractivity contribution < 1.29 is 18.7 Å². The van der Waals surface area contributed by atoms with Crippen LogP contribution in [0.15, 0.2) is 55.1 Å². The number of nitrogen functional groups attached to an aromatic ring is 1. The molecule has 0 radical (unpaired) electrons. The summed E-state index contributed by atoms with van der Waals surface area (Å²) in [6, 6.07) is 12.7. The average Bonchev–Trinajstić information content (AvgIpc) is 3.15. The van der Waals surface area contributed by atoms with E-state index in [0.717, 1.165) is 0 Å². The second-order valence-electron chi connectivity index (χ2n) is 7.03. The molecule has 0 aliphatic rings. The Bertz CT molecular complexity index is 1180. The Morgan fingerprint density at radius 3 is 2.73 bits per heavy atom. The van der Waals surface area contributed by atoms with Crippen molar-refractivity contribution in [1.29, 1.82) is 5.26 Å². The molecule has 0 atom stereocenters. The van der Waals surface area contributed by atoms with Crippen LogP contribution in [0.25, 0.3) is 5.69 Å². The van der Waals surface area contributed by atoms with E-state index in [4.69, 9.17) is 15.2 Å². The summed E-state index contributed by atoms with van der Waals surface area (Å²) in [5.74, 6) is 0.518. The predicted molar refractivity (Wildman–Crippen MR) is 122 cm³/mol. The van der Waals surface area contributed by atoms with Crippen LogP contribution in [0.1, 0.15) is 28.0 Å². The van der Waals surface area contributed by atoms with Crippen LogP contribution in [-0.4, -0.2) is 35.9 Å². The lowest BCUT2D eigenvalue weighted by atomic mass is 10.1. The average molecular weight is 449 g/mol. The number of aromatic nitrogens is 2.